The Kier molecular flexibility index (Phi) is 3.81. The molecule has 58 valence electrons. The lowest BCUT2D eigenvalue weighted by molar-refractivity contribution is 0.465. The molecule has 0 amide bonds. The van der Waals surface area contributed by atoms with Gasteiger partial charge in [0.15, 0.2) is 0 Å². The van der Waals surface area contributed by atoms with E-state index >= 15 is 0 Å². The highest BCUT2D eigenvalue weighted by atomic mass is 28.2. The molecule has 0 saturated carbocycles. The quantitative estimate of drug-likeness (QED) is 0.432. The van der Waals surface area contributed by atoms with Gasteiger partial charge in [0.1, 0.15) is 0 Å². The van der Waals surface area contributed by atoms with Crippen LogP contribution in [0, 0.1) is 5.92 Å². The minimum Gasteiger partial charge on any atom is -0.0885 e. The number of hydrogen-bond acceptors (Lipinski definition) is 0. The van der Waals surface area contributed by atoms with Crippen molar-refractivity contribution in [1.29, 1.82) is 0 Å². The van der Waals surface area contributed by atoms with Crippen molar-refractivity contribution in [2.75, 3.05) is 0 Å². The van der Waals surface area contributed by atoms with Crippen molar-refractivity contribution < 1.29 is 0 Å². The third-order valence-corrected chi connectivity index (χ3v) is 3.46. The van der Waals surface area contributed by atoms with Gasteiger partial charge in [-0.3, -0.25) is 0 Å². The summed E-state index contributed by atoms with van der Waals surface area (Å²) in [5, 5.41) is 0. The SMILES string of the molecule is C[SiH2]CCC1CC=CCC1. The lowest BCUT2D eigenvalue weighted by Gasteiger charge is -2.16. The molecule has 1 aliphatic carbocycles. The average Bonchev–Trinajstić information content (AvgIpc) is 2.03. The molecule has 1 atom stereocenters. The third-order valence-electron chi connectivity index (χ3n) is 2.34. The molecule has 0 aromatic heterocycles. The molecule has 0 N–H and O–H groups in total. The Balaban J connectivity index is 2.10. The van der Waals surface area contributed by atoms with Crippen LogP contribution >= 0.6 is 0 Å². The third kappa shape index (κ3) is 2.69. The summed E-state index contributed by atoms with van der Waals surface area (Å²) in [6, 6.07) is 1.57. The number of rotatable bonds is 3. The fourth-order valence-electron chi connectivity index (χ4n) is 1.61. The number of hydrogen-bond donors (Lipinski definition) is 0. The van der Waals surface area contributed by atoms with Crippen molar-refractivity contribution in [3.05, 3.63) is 12.2 Å². The summed E-state index contributed by atoms with van der Waals surface area (Å²) in [6.07, 6.45) is 10.4. The van der Waals surface area contributed by atoms with Gasteiger partial charge in [0.05, 0.1) is 0 Å². The fourth-order valence-corrected chi connectivity index (χ4v) is 2.60. The molecular weight excluding hydrogens is 136 g/mol. The van der Waals surface area contributed by atoms with Gasteiger partial charge in [0.2, 0.25) is 0 Å². The minimum atomic E-state index is 0.345. The smallest absolute Gasteiger partial charge is 0.0166 e. The van der Waals surface area contributed by atoms with Gasteiger partial charge in [-0.05, 0) is 25.2 Å². The summed E-state index contributed by atoms with van der Waals surface area (Å²) in [6.45, 7) is 2.42. The summed E-state index contributed by atoms with van der Waals surface area (Å²) in [7, 11) is 0.345. The van der Waals surface area contributed by atoms with E-state index in [9.17, 15) is 0 Å². The van der Waals surface area contributed by atoms with Crippen LogP contribution in [0.3, 0.4) is 0 Å². The van der Waals surface area contributed by atoms with Gasteiger partial charge in [-0.2, -0.15) is 0 Å². The van der Waals surface area contributed by atoms with E-state index in [-0.39, 0.29) is 0 Å². The van der Waals surface area contributed by atoms with E-state index in [1.165, 1.54) is 25.7 Å². The van der Waals surface area contributed by atoms with Crippen LogP contribution in [-0.2, 0) is 0 Å². The maximum Gasteiger partial charge on any atom is 0.0166 e. The summed E-state index contributed by atoms with van der Waals surface area (Å²) in [4.78, 5) is 0. The molecule has 0 fully saturated rings. The van der Waals surface area contributed by atoms with Crippen molar-refractivity contribution in [2.45, 2.75) is 38.3 Å². The number of allylic oxidation sites excluding steroid dienone is 2. The highest BCUT2D eigenvalue weighted by Crippen LogP contribution is 2.22. The Morgan fingerprint density at radius 2 is 2.40 bits per heavy atom. The molecule has 0 aliphatic heterocycles. The first kappa shape index (κ1) is 8.06. The highest BCUT2D eigenvalue weighted by Gasteiger charge is 2.07. The van der Waals surface area contributed by atoms with Crippen LogP contribution in [0.15, 0.2) is 12.2 Å². The minimum absolute atomic E-state index is 0.345. The predicted molar refractivity (Wildman–Crippen MR) is 50.3 cm³/mol. The molecule has 0 aromatic carbocycles. The molecule has 0 aromatic rings. The lowest BCUT2D eigenvalue weighted by atomic mass is 9.92. The first-order valence-corrected chi connectivity index (χ1v) is 7.00. The molecule has 0 heterocycles. The van der Waals surface area contributed by atoms with Crippen molar-refractivity contribution >= 4 is 9.52 Å². The molecule has 1 rings (SSSR count). The van der Waals surface area contributed by atoms with Crippen molar-refractivity contribution in [2.24, 2.45) is 5.92 Å². The molecule has 0 radical (unpaired) electrons. The molecular formula is C9H18Si. The zero-order valence-electron chi connectivity index (χ0n) is 6.97. The van der Waals surface area contributed by atoms with Crippen molar-refractivity contribution in [3.63, 3.8) is 0 Å². The second-order valence-corrected chi connectivity index (χ2v) is 5.00. The molecule has 1 heteroatoms. The van der Waals surface area contributed by atoms with E-state index in [0.717, 1.165) is 5.92 Å². The standard InChI is InChI=1S/C9H18Si/c1-10-8-7-9-5-3-2-4-6-9/h2-3,9H,4-8,10H2,1H3. The van der Waals surface area contributed by atoms with Gasteiger partial charge in [-0.25, -0.2) is 0 Å². The van der Waals surface area contributed by atoms with Gasteiger partial charge in [0.25, 0.3) is 0 Å². The van der Waals surface area contributed by atoms with Crippen LogP contribution < -0.4 is 0 Å². The van der Waals surface area contributed by atoms with Crippen LogP contribution in [0.4, 0.5) is 0 Å². The maximum atomic E-state index is 2.42. The molecule has 0 saturated heterocycles. The average molecular weight is 154 g/mol. The Labute approximate surface area is 66.5 Å². The zero-order chi connectivity index (χ0) is 7.23. The van der Waals surface area contributed by atoms with E-state index in [1.54, 1.807) is 6.04 Å². The van der Waals surface area contributed by atoms with E-state index < -0.39 is 0 Å². The van der Waals surface area contributed by atoms with Gasteiger partial charge < -0.3 is 0 Å². The van der Waals surface area contributed by atoms with Gasteiger partial charge in [-0.15, -0.1) is 0 Å². The van der Waals surface area contributed by atoms with E-state index in [0.29, 0.717) is 9.52 Å². The van der Waals surface area contributed by atoms with E-state index in [1.807, 2.05) is 0 Å². The summed E-state index contributed by atoms with van der Waals surface area (Å²) in [5.41, 5.74) is 0. The lowest BCUT2D eigenvalue weighted by Crippen LogP contribution is -2.02. The highest BCUT2D eigenvalue weighted by molar-refractivity contribution is 6.33. The Hall–Kier alpha value is -0.0431. The van der Waals surface area contributed by atoms with Crippen LogP contribution in [0.1, 0.15) is 25.7 Å². The van der Waals surface area contributed by atoms with Gasteiger partial charge in [-0.1, -0.05) is 31.2 Å². The first-order chi connectivity index (χ1) is 4.93. The molecule has 10 heavy (non-hydrogen) atoms. The second-order valence-electron chi connectivity index (χ2n) is 3.29. The van der Waals surface area contributed by atoms with Crippen LogP contribution in [0.5, 0.6) is 0 Å². The maximum absolute atomic E-state index is 2.42. The van der Waals surface area contributed by atoms with Crippen molar-refractivity contribution in [3.8, 4) is 0 Å². The largest absolute Gasteiger partial charge is 0.0885 e. The van der Waals surface area contributed by atoms with E-state index in [2.05, 4.69) is 18.7 Å². The molecule has 1 aliphatic rings. The molecule has 0 spiro atoms. The topological polar surface area (TPSA) is 0 Å². The molecule has 0 nitrogen and oxygen atoms in total. The van der Waals surface area contributed by atoms with Crippen LogP contribution in [0.25, 0.3) is 0 Å². The Morgan fingerprint density at radius 3 is 3.00 bits per heavy atom. The summed E-state index contributed by atoms with van der Waals surface area (Å²) < 4.78 is 0. The second kappa shape index (κ2) is 4.72. The normalized spacial score (nSPS) is 26.3. The first-order valence-electron chi connectivity index (χ1n) is 4.58. The van der Waals surface area contributed by atoms with Gasteiger partial charge >= 0.3 is 0 Å². The van der Waals surface area contributed by atoms with E-state index in [4.69, 9.17) is 0 Å². The van der Waals surface area contributed by atoms with Crippen LogP contribution in [0.2, 0.25) is 12.6 Å². The monoisotopic (exact) mass is 154 g/mol. The predicted octanol–water partition coefficient (Wildman–Crippen LogP) is 2.37. The van der Waals surface area contributed by atoms with Crippen LogP contribution in [-0.4, -0.2) is 9.52 Å². The molecule has 1 unspecified atom stereocenters. The zero-order valence-corrected chi connectivity index (χ0v) is 8.39. The summed E-state index contributed by atoms with van der Waals surface area (Å²) in [5.74, 6) is 1.05. The fraction of sp³-hybridized carbons (Fsp3) is 0.778. The van der Waals surface area contributed by atoms with Crippen molar-refractivity contribution in [1.82, 2.24) is 0 Å². The Morgan fingerprint density at radius 1 is 1.50 bits per heavy atom. The summed E-state index contributed by atoms with van der Waals surface area (Å²) >= 11 is 0. The molecule has 0 bridgehead atoms. The van der Waals surface area contributed by atoms with Gasteiger partial charge in [0, 0.05) is 9.52 Å². The Bertz CT molecular complexity index is 107.